The number of benzene rings is 2. The van der Waals surface area contributed by atoms with E-state index in [4.69, 9.17) is 10.7 Å². The minimum absolute atomic E-state index is 0.104. The number of carbonyl (C=O) groups is 1. The van der Waals surface area contributed by atoms with Crippen LogP contribution >= 0.6 is 0 Å². The normalized spacial score (nSPS) is 11.4. The Bertz CT molecular complexity index is 940. The molecular weight excluding hydrogens is 338 g/mol. The quantitative estimate of drug-likeness (QED) is 0.473. The van der Waals surface area contributed by atoms with Gasteiger partial charge in [-0.05, 0) is 70.2 Å². The zero-order chi connectivity index (χ0) is 19.2. The van der Waals surface area contributed by atoms with Gasteiger partial charge in [0, 0.05) is 6.54 Å². The Morgan fingerprint density at radius 1 is 1.04 bits per heavy atom. The molecule has 0 radical (unpaired) electrons. The van der Waals surface area contributed by atoms with Crippen LogP contribution in [-0.4, -0.2) is 54.0 Å². The lowest BCUT2D eigenvalue weighted by molar-refractivity contribution is 0.0953. The lowest BCUT2D eigenvalue weighted by Crippen LogP contribution is -2.29. The van der Waals surface area contributed by atoms with Crippen LogP contribution < -0.4 is 11.1 Å². The van der Waals surface area contributed by atoms with Crippen LogP contribution in [-0.2, 0) is 0 Å². The highest BCUT2D eigenvalue weighted by molar-refractivity contribution is 6.06. The Morgan fingerprint density at radius 2 is 1.74 bits per heavy atom. The molecule has 0 unspecified atom stereocenters. The zero-order valence-corrected chi connectivity index (χ0v) is 16.0. The van der Waals surface area contributed by atoms with Crippen molar-refractivity contribution < 1.29 is 4.79 Å². The van der Waals surface area contributed by atoms with Gasteiger partial charge in [0.1, 0.15) is 5.52 Å². The number of amides is 1. The number of aromatic nitrogens is 2. The van der Waals surface area contributed by atoms with Crippen molar-refractivity contribution in [2.75, 3.05) is 33.2 Å². The Morgan fingerprint density at radius 3 is 2.52 bits per heavy atom. The zero-order valence-electron chi connectivity index (χ0n) is 16.0. The fourth-order valence-electron chi connectivity index (χ4n) is 3.16. The van der Waals surface area contributed by atoms with Gasteiger partial charge in [-0.2, -0.15) is 0 Å². The summed E-state index contributed by atoms with van der Waals surface area (Å²) in [4.78, 5) is 24.3. The number of hydrogen-bond donors (Lipinski definition) is 2. The van der Waals surface area contributed by atoms with Gasteiger partial charge in [0.15, 0.2) is 0 Å². The van der Waals surface area contributed by atoms with E-state index in [9.17, 15) is 4.79 Å². The maximum absolute atomic E-state index is 12.7. The third-order valence-electron chi connectivity index (χ3n) is 4.69. The Kier molecular flexibility index (Phi) is 6.32. The smallest absolute Gasteiger partial charge is 0.253 e. The number of fused-ring (bicyclic) bond motifs is 2. The van der Waals surface area contributed by atoms with E-state index in [0.717, 1.165) is 48.0 Å². The van der Waals surface area contributed by atoms with E-state index >= 15 is 0 Å². The summed E-state index contributed by atoms with van der Waals surface area (Å²) < 4.78 is 0. The van der Waals surface area contributed by atoms with Crippen molar-refractivity contribution in [1.82, 2.24) is 20.2 Å². The maximum Gasteiger partial charge on any atom is 0.253 e. The van der Waals surface area contributed by atoms with Crippen molar-refractivity contribution in [2.45, 2.75) is 19.8 Å². The number of nitrogens with two attached hydrogens (primary N) is 1. The van der Waals surface area contributed by atoms with Crippen LogP contribution in [0, 0.1) is 6.92 Å². The molecule has 0 aliphatic heterocycles. The summed E-state index contributed by atoms with van der Waals surface area (Å²) >= 11 is 0. The predicted molar refractivity (Wildman–Crippen MR) is 110 cm³/mol. The van der Waals surface area contributed by atoms with Crippen LogP contribution in [0.15, 0.2) is 36.4 Å². The SMILES string of the molecule is Cc1cccc2nc3cccc(C(=O)NCCCN(C)CCCN)c3nc12. The molecule has 1 aromatic heterocycles. The molecule has 3 aromatic rings. The Balaban J connectivity index is 1.72. The number of carbonyl (C=O) groups excluding carboxylic acids is 1. The fourth-order valence-corrected chi connectivity index (χ4v) is 3.16. The van der Waals surface area contributed by atoms with Gasteiger partial charge in [0.2, 0.25) is 0 Å². The molecule has 2 aromatic carbocycles. The van der Waals surface area contributed by atoms with Crippen molar-refractivity contribution >= 4 is 28.0 Å². The third-order valence-corrected chi connectivity index (χ3v) is 4.69. The summed E-state index contributed by atoms with van der Waals surface area (Å²) in [5, 5.41) is 3.01. The highest BCUT2D eigenvalue weighted by atomic mass is 16.1. The first-order chi connectivity index (χ1) is 13.1. The lowest BCUT2D eigenvalue weighted by atomic mass is 10.1. The van der Waals surface area contributed by atoms with Gasteiger partial charge in [-0.3, -0.25) is 4.79 Å². The highest BCUT2D eigenvalue weighted by Gasteiger charge is 2.13. The number of rotatable bonds is 8. The largest absolute Gasteiger partial charge is 0.352 e. The van der Waals surface area contributed by atoms with Gasteiger partial charge in [-0.1, -0.05) is 18.2 Å². The molecule has 0 atom stereocenters. The molecule has 0 aliphatic rings. The summed E-state index contributed by atoms with van der Waals surface area (Å²) in [5.41, 5.74) is 10.2. The van der Waals surface area contributed by atoms with E-state index in [2.05, 4.69) is 22.2 Å². The second-order valence-corrected chi connectivity index (χ2v) is 6.89. The van der Waals surface area contributed by atoms with Crippen LogP contribution in [0.1, 0.15) is 28.8 Å². The molecule has 3 rings (SSSR count). The molecule has 142 valence electrons. The molecule has 0 aliphatic carbocycles. The summed E-state index contributed by atoms with van der Waals surface area (Å²) in [5.74, 6) is -0.104. The van der Waals surface area contributed by atoms with Gasteiger partial charge < -0.3 is 16.0 Å². The fraction of sp³-hybridized carbons (Fsp3) is 0.381. The molecule has 0 fully saturated rings. The number of hydrogen-bond acceptors (Lipinski definition) is 5. The topological polar surface area (TPSA) is 84.1 Å². The molecule has 6 nitrogen and oxygen atoms in total. The average molecular weight is 365 g/mol. The van der Waals surface area contributed by atoms with E-state index in [0.29, 0.717) is 24.2 Å². The molecule has 27 heavy (non-hydrogen) atoms. The minimum atomic E-state index is -0.104. The van der Waals surface area contributed by atoms with Crippen LogP contribution in [0.5, 0.6) is 0 Å². The van der Waals surface area contributed by atoms with E-state index in [1.54, 1.807) is 0 Å². The van der Waals surface area contributed by atoms with E-state index in [-0.39, 0.29) is 5.91 Å². The predicted octanol–water partition coefficient (Wildman–Crippen LogP) is 2.49. The number of aryl methyl sites for hydroxylation is 1. The first kappa shape index (κ1) is 19.2. The summed E-state index contributed by atoms with van der Waals surface area (Å²) in [6.07, 6.45) is 1.89. The standard InChI is InChI=1S/C21H27N5O/c1-15-7-3-9-17-19(15)25-20-16(8-4-10-18(20)24-17)21(27)23-12-6-14-26(2)13-5-11-22/h3-4,7-10H,5-6,11-14,22H2,1-2H3,(H,23,27). The Hall–Kier alpha value is -2.57. The van der Waals surface area contributed by atoms with Crippen LogP contribution in [0.3, 0.4) is 0 Å². The number of nitrogens with zero attached hydrogens (tertiary/aromatic N) is 3. The van der Waals surface area contributed by atoms with Gasteiger partial charge in [-0.15, -0.1) is 0 Å². The van der Waals surface area contributed by atoms with Gasteiger partial charge in [-0.25, -0.2) is 9.97 Å². The number of nitrogens with one attached hydrogen (secondary N) is 1. The molecule has 0 saturated carbocycles. The molecular formula is C21H27N5O. The molecule has 1 heterocycles. The molecule has 1 amide bonds. The van der Waals surface area contributed by atoms with E-state index in [1.807, 2.05) is 43.3 Å². The lowest BCUT2D eigenvalue weighted by Gasteiger charge is -2.16. The summed E-state index contributed by atoms with van der Waals surface area (Å²) in [6.45, 7) is 5.25. The van der Waals surface area contributed by atoms with Crippen LogP contribution in [0.25, 0.3) is 22.1 Å². The molecule has 6 heteroatoms. The minimum Gasteiger partial charge on any atom is -0.352 e. The summed E-state index contributed by atoms with van der Waals surface area (Å²) in [7, 11) is 2.07. The summed E-state index contributed by atoms with van der Waals surface area (Å²) in [6, 6.07) is 11.5. The molecule has 0 saturated heterocycles. The second kappa shape index (κ2) is 8.88. The van der Waals surface area contributed by atoms with E-state index < -0.39 is 0 Å². The van der Waals surface area contributed by atoms with Crippen molar-refractivity contribution in [1.29, 1.82) is 0 Å². The molecule has 0 bridgehead atoms. The molecule has 3 N–H and O–H groups in total. The maximum atomic E-state index is 12.7. The first-order valence-corrected chi connectivity index (χ1v) is 9.43. The van der Waals surface area contributed by atoms with Crippen molar-refractivity contribution in [3.63, 3.8) is 0 Å². The average Bonchev–Trinajstić information content (AvgIpc) is 2.68. The van der Waals surface area contributed by atoms with Crippen molar-refractivity contribution in [3.8, 4) is 0 Å². The van der Waals surface area contributed by atoms with Gasteiger partial charge >= 0.3 is 0 Å². The van der Waals surface area contributed by atoms with Crippen LogP contribution in [0.4, 0.5) is 0 Å². The monoisotopic (exact) mass is 365 g/mol. The third kappa shape index (κ3) is 4.59. The van der Waals surface area contributed by atoms with Crippen LogP contribution in [0.2, 0.25) is 0 Å². The number of para-hydroxylation sites is 2. The van der Waals surface area contributed by atoms with Crippen molar-refractivity contribution in [3.05, 3.63) is 47.5 Å². The second-order valence-electron chi connectivity index (χ2n) is 6.89. The Labute approximate surface area is 159 Å². The van der Waals surface area contributed by atoms with E-state index in [1.165, 1.54) is 0 Å². The highest BCUT2D eigenvalue weighted by Crippen LogP contribution is 2.21. The van der Waals surface area contributed by atoms with Crippen molar-refractivity contribution in [2.24, 2.45) is 5.73 Å². The van der Waals surface area contributed by atoms with Gasteiger partial charge in [0.05, 0.1) is 22.1 Å². The van der Waals surface area contributed by atoms with Gasteiger partial charge in [0.25, 0.3) is 5.91 Å². The molecule has 0 spiro atoms. The first-order valence-electron chi connectivity index (χ1n) is 9.43.